The Balaban J connectivity index is 1.88. The second-order valence-electron chi connectivity index (χ2n) is 5.26. The van der Waals surface area contributed by atoms with Crippen molar-refractivity contribution in [1.82, 2.24) is 4.90 Å². The largest absolute Gasteiger partial charge is 0.328 e. The number of para-hydroxylation sites is 1. The number of carbonyl (C=O) groups is 1. The van der Waals surface area contributed by atoms with Gasteiger partial charge in [0.2, 0.25) is 5.91 Å². The Bertz CT molecular complexity index is 484. The van der Waals surface area contributed by atoms with Crippen LogP contribution < -0.4 is 11.1 Å². The fourth-order valence-electron chi connectivity index (χ4n) is 2.35. The number of likely N-dealkylation sites (tertiary alicyclic amines) is 1. The van der Waals surface area contributed by atoms with E-state index in [-0.39, 0.29) is 5.91 Å². The van der Waals surface area contributed by atoms with Gasteiger partial charge in [-0.15, -0.1) is 18.3 Å². The molecule has 1 aromatic carbocycles. The Kier molecular flexibility index (Phi) is 6.29. The standard InChI is InChI=1S/C16H23N3OS/c1-2-11-21-15-6-4-3-5-14(15)18-16(20)12-19-9-7-13(17)8-10-19/h2-6,13H,1,7-12,17H2,(H,18,20). The van der Waals surface area contributed by atoms with Crippen LogP contribution in [0.2, 0.25) is 0 Å². The minimum Gasteiger partial charge on any atom is -0.328 e. The zero-order valence-electron chi connectivity index (χ0n) is 12.3. The van der Waals surface area contributed by atoms with Gasteiger partial charge in [0.05, 0.1) is 12.2 Å². The highest BCUT2D eigenvalue weighted by Gasteiger charge is 2.18. The van der Waals surface area contributed by atoms with Gasteiger partial charge >= 0.3 is 0 Å². The molecule has 4 nitrogen and oxygen atoms in total. The molecule has 3 N–H and O–H groups in total. The van der Waals surface area contributed by atoms with E-state index in [1.54, 1.807) is 11.8 Å². The van der Waals surface area contributed by atoms with Crippen molar-refractivity contribution in [2.75, 3.05) is 30.7 Å². The third kappa shape index (κ3) is 5.19. The predicted molar refractivity (Wildman–Crippen MR) is 89.6 cm³/mol. The fraction of sp³-hybridized carbons (Fsp3) is 0.438. The summed E-state index contributed by atoms with van der Waals surface area (Å²) in [4.78, 5) is 15.4. The Morgan fingerprint density at radius 1 is 1.43 bits per heavy atom. The van der Waals surface area contributed by atoms with E-state index in [1.165, 1.54) is 0 Å². The molecule has 0 spiro atoms. The molecule has 1 aliphatic rings. The molecule has 21 heavy (non-hydrogen) atoms. The van der Waals surface area contributed by atoms with E-state index in [1.807, 2.05) is 30.3 Å². The molecule has 5 heteroatoms. The average Bonchev–Trinajstić information content (AvgIpc) is 2.49. The lowest BCUT2D eigenvalue weighted by Gasteiger charge is -2.29. The van der Waals surface area contributed by atoms with Gasteiger partial charge in [0.25, 0.3) is 0 Å². The lowest BCUT2D eigenvalue weighted by Crippen LogP contribution is -2.43. The molecule has 0 aromatic heterocycles. The normalized spacial score (nSPS) is 16.6. The molecule has 114 valence electrons. The molecule has 0 atom stereocenters. The number of anilines is 1. The van der Waals surface area contributed by atoms with Crippen molar-refractivity contribution >= 4 is 23.4 Å². The van der Waals surface area contributed by atoms with Crippen LogP contribution in [0, 0.1) is 0 Å². The van der Waals surface area contributed by atoms with Crippen molar-refractivity contribution in [2.45, 2.75) is 23.8 Å². The molecule has 1 amide bonds. The summed E-state index contributed by atoms with van der Waals surface area (Å²) in [5.41, 5.74) is 6.76. The molecular weight excluding hydrogens is 282 g/mol. The van der Waals surface area contributed by atoms with Gasteiger partial charge in [-0.2, -0.15) is 0 Å². The van der Waals surface area contributed by atoms with Crippen molar-refractivity contribution in [3.63, 3.8) is 0 Å². The van der Waals surface area contributed by atoms with E-state index in [0.717, 1.165) is 42.3 Å². The Morgan fingerprint density at radius 2 is 2.14 bits per heavy atom. The zero-order chi connectivity index (χ0) is 15.1. The lowest BCUT2D eigenvalue weighted by atomic mass is 10.1. The Morgan fingerprint density at radius 3 is 2.86 bits per heavy atom. The number of carbonyl (C=O) groups excluding carboxylic acids is 1. The predicted octanol–water partition coefficient (Wildman–Crippen LogP) is 2.33. The van der Waals surface area contributed by atoms with Crippen LogP contribution in [-0.2, 0) is 4.79 Å². The van der Waals surface area contributed by atoms with E-state index >= 15 is 0 Å². The van der Waals surface area contributed by atoms with Gasteiger partial charge in [0.15, 0.2) is 0 Å². The van der Waals surface area contributed by atoms with Crippen molar-refractivity contribution in [2.24, 2.45) is 5.73 Å². The number of hydrogen-bond acceptors (Lipinski definition) is 4. The highest BCUT2D eigenvalue weighted by molar-refractivity contribution is 7.99. The average molecular weight is 305 g/mol. The third-order valence-electron chi connectivity index (χ3n) is 3.52. The Labute approximate surface area is 130 Å². The van der Waals surface area contributed by atoms with Crippen LogP contribution in [0.3, 0.4) is 0 Å². The second kappa shape index (κ2) is 8.22. The van der Waals surface area contributed by atoms with Gasteiger partial charge in [-0.1, -0.05) is 18.2 Å². The molecule has 1 aliphatic heterocycles. The number of thioether (sulfide) groups is 1. The van der Waals surface area contributed by atoms with Gasteiger partial charge in [-0.3, -0.25) is 9.69 Å². The number of hydrogen-bond donors (Lipinski definition) is 2. The van der Waals surface area contributed by atoms with Gasteiger partial charge < -0.3 is 11.1 Å². The molecule has 0 unspecified atom stereocenters. The summed E-state index contributed by atoms with van der Waals surface area (Å²) in [6.07, 6.45) is 3.80. The maximum atomic E-state index is 12.2. The number of nitrogens with one attached hydrogen (secondary N) is 1. The van der Waals surface area contributed by atoms with Crippen LogP contribution in [0.1, 0.15) is 12.8 Å². The van der Waals surface area contributed by atoms with Crippen LogP contribution in [0.15, 0.2) is 41.8 Å². The molecular formula is C16H23N3OS. The number of nitrogens with zero attached hydrogens (tertiary/aromatic N) is 1. The number of amides is 1. The summed E-state index contributed by atoms with van der Waals surface area (Å²) in [5, 5.41) is 3.01. The quantitative estimate of drug-likeness (QED) is 0.625. The number of piperidine rings is 1. The van der Waals surface area contributed by atoms with Crippen molar-refractivity contribution in [3.05, 3.63) is 36.9 Å². The van der Waals surface area contributed by atoms with Gasteiger partial charge in [-0.05, 0) is 25.0 Å². The summed E-state index contributed by atoms with van der Waals surface area (Å²) >= 11 is 1.67. The summed E-state index contributed by atoms with van der Waals surface area (Å²) in [5.74, 6) is 0.869. The first kappa shape index (κ1) is 16.1. The first-order chi connectivity index (χ1) is 10.2. The highest BCUT2D eigenvalue weighted by atomic mass is 32.2. The molecule has 0 radical (unpaired) electrons. The molecule has 0 bridgehead atoms. The SMILES string of the molecule is C=CCSc1ccccc1NC(=O)CN1CCC(N)CC1. The summed E-state index contributed by atoms with van der Waals surface area (Å²) in [7, 11) is 0. The maximum Gasteiger partial charge on any atom is 0.238 e. The summed E-state index contributed by atoms with van der Waals surface area (Å²) in [6, 6.07) is 8.17. The van der Waals surface area contributed by atoms with Crippen molar-refractivity contribution in [1.29, 1.82) is 0 Å². The minimum absolute atomic E-state index is 0.0390. The minimum atomic E-state index is 0.0390. The summed E-state index contributed by atoms with van der Waals surface area (Å²) < 4.78 is 0. The molecule has 0 saturated carbocycles. The molecule has 1 aromatic rings. The van der Waals surface area contributed by atoms with E-state index in [4.69, 9.17) is 5.73 Å². The first-order valence-electron chi connectivity index (χ1n) is 7.29. The highest BCUT2D eigenvalue weighted by Crippen LogP contribution is 2.26. The topological polar surface area (TPSA) is 58.4 Å². The first-order valence-corrected chi connectivity index (χ1v) is 8.28. The smallest absolute Gasteiger partial charge is 0.238 e. The van der Waals surface area contributed by atoms with Gasteiger partial charge in [-0.25, -0.2) is 0 Å². The van der Waals surface area contributed by atoms with Crippen LogP contribution in [0.4, 0.5) is 5.69 Å². The van der Waals surface area contributed by atoms with Crippen LogP contribution in [0.25, 0.3) is 0 Å². The van der Waals surface area contributed by atoms with E-state index < -0.39 is 0 Å². The van der Waals surface area contributed by atoms with E-state index in [2.05, 4.69) is 16.8 Å². The van der Waals surface area contributed by atoms with Crippen LogP contribution >= 0.6 is 11.8 Å². The van der Waals surface area contributed by atoms with Crippen molar-refractivity contribution < 1.29 is 4.79 Å². The second-order valence-corrected chi connectivity index (χ2v) is 6.32. The van der Waals surface area contributed by atoms with Crippen LogP contribution in [0.5, 0.6) is 0 Å². The van der Waals surface area contributed by atoms with Crippen molar-refractivity contribution in [3.8, 4) is 0 Å². The molecule has 1 saturated heterocycles. The molecule has 2 rings (SSSR count). The van der Waals surface area contributed by atoms with E-state index in [0.29, 0.717) is 12.6 Å². The van der Waals surface area contributed by atoms with E-state index in [9.17, 15) is 4.79 Å². The maximum absolute atomic E-state index is 12.2. The Hall–Kier alpha value is -1.30. The molecule has 1 heterocycles. The third-order valence-corrected chi connectivity index (χ3v) is 4.59. The van der Waals surface area contributed by atoms with Gasteiger partial charge in [0, 0.05) is 29.8 Å². The number of nitrogens with two attached hydrogens (primary N) is 1. The lowest BCUT2D eigenvalue weighted by molar-refractivity contribution is -0.117. The molecule has 1 fully saturated rings. The van der Waals surface area contributed by atoms with Gasteiger partial charge in [0.1, 0.15) is 0 Å². The molecule has 0 aliphatic carbocycles. The number of rotatable bonds is 6. The van der Waals surface area contributed by atoms with Crippen LogP contribution in [-0.4, -0.2) is 42.2 Å². The number of benzene rings is 1. The fourth-order valence-corrected chi connectivity index (χ4v) is 3.10. The monoisotopic (exact) mass is 305 g/mol. The summed E-state index contributed by atoms with van der Waals surface area (Å²) in [6.45, 7) is 5.97. The zero-order valence-corrected chi connectivity index (χ0v) is 13.1.